The molecule has 21 heavy (non-hydrogen) atoms. The molecule has 0 aliphatic heterocycles. The Hall–Kier alpha value is -0.870. The first-order valence-corrected chi connectivity index (χ1v) is 8.30. The number of hydrogen-bond donors (Lipinski definition) is 2. The molecule has 0 radical (unpaired) electrons. The molecule has 0 saturated carbocycles. The molecule has 0 aromatic carbocycles. The SMILES string of the molecule is CCCCCC/C=C\CCCCCC(=O)OC[C@@H](O)CO. The smallest absolute Gasteiger partial charge is 0.305 e. The minimum Gasteiger partial charge on any atom is -0.463 e. The first kappa shape index (κ1) is 20.1. The molecule has 124 valence electrons. The van der Waals surface area contributed by atoms with Gasteiger partial charge in [0.15, 0.2) is 0 Å². The summed E-state index contributed by atoms with van der Waals surface area (Å²) < 4.78 is 4.82. The van der Waals surface area contributed by atoms with Crippen LogP contribution in [0.4, 0.5) is 0 Å². The van der Waals surface area contributed by atoms with Gasteiger partial charge in [0.05, 0.1) is 6.61 Å². The second-order valence-corrected chi connectivity index (χ2v) is 5.44. The fourth-order valence-electron chi connectivity index (χ4n) is 1.95. The minimum atomic E-state index is -0.962. The summed E-state index contributed by atoms with van der Waals surface area (Å²) in [5, 5.41) is 17.6. The molecule has 0 rings (SSSR count). The van der Waals surface area contributed by atoms with Crippen LogP contribution in [0, 0.1) is 0 Å². The molecule has 0 spiro atoms. The van der Waals surface area contributed by atoms with E-state index in [2.05, 4.69) is 19.1 Å². The fourth-order valence-corrected chi connectivity index (χ4v) is 1.95. The molecule has 2 N–H and O–H groups in total. The van der Waals surface area contributed by atoms with Crippen LogP contribution in [0.15, 0.2) is 12.2 Å². The van der Waals surface area contributed by atoms with Crippen molar-refractivity contribution in [1.29, 1.82) is 0 Å². The molecule has 4 heteroatoms. The number of aliphatic hydroxyl groups excluding tert-OH is 2. The van der Waals surface area contributed by atoms with Crippen LogP contribution in [0.3, 0.4) is 0 Å². The van der Waals surface area contributed by atoms with Gasteiger partial charge in [-0.2, -0.15) is 0 Å². The Bertz CT molecular complexity index is 264. The molecule has 0 saturated heterocycles. The number of aliphatic hydroxyl groups is 2. The largest absolute Gasteiger partial charge is 0.463 e. The van der Waals surface area contributed by atoms with E-state index in [-0.39, 0.29) is 19.2 Å². The zero-order valence-electron chi connectivity index (χ0n) is 13.4. The zero-order chi connectivity index (χ0) is 15.8. The van der Waals surface area contributed by atoms with Gasteiger partial charge in [0.2, 0.25) is 0 Å². The van der Waals surface area contributed by atoms with E-state index in [0.29, 0.717) is 6.42 Å². The van der Waals surface area contributed by atoms with E-state index < -0.39 is 6.10 Å². The number of esters is 1. The summed E-state index contributed by atoms with van der Waals surface area (Å²) in [5.74, 6) is -0.297. The lowest BCUT2D eigenvalue weighted by Crippen LogP contribution is -2.21. The highest BCUT2D eigenvalue weighted by atomic mass is 16.5. The van der Waals surface area contributed by atoms with Gasteiger partial charge < -0.3 is 14.9 Å². The van der Waals surface area contributed by atoms with Gasteiger partial charge in [0, 0.05) is 6.42 Å². The molecule has 1 atom stereocenters. The molecule has 0 bridgehead atoms. The normalized spacial score (nSPS) is 12.7. The van der Waals surface area contributed by atoms with Crippen LogP contribution in [0.5, 0.6) is 0 Å². The van der Waals surface area contributed by atoms with Crippen LogP contribution >= 0.6 is 0 Å². The summed E-state index contributed by atoms with van der Waals surface area (Å²) in [5.41, 5.74) is 0. The third kappa shape index (κ3) is 15.3. The van der Waals surface area contributed by atoms with Gasteiger partial charge in [-0.05, 0) is 32.1 Å². The second kappa shape index (κ2) is 15.5. The van der Waals surface area contributed by atoms with Gasteiger partial charge in [-0.15, -0.1) is 0 Å². The van der Waals surface area contributed by atoms with Gasteiger partial charge in [-0.1, -0.05) is 44.8 Å². The minimum absolute atomic E-state index is 0.115. The topological polar surface area (TPSA) is 66.8 Å². The molecule has 0 aromatic heterocycles. The lowest BCUT2D eigenvalue weighted by atomic mass is 10.1. The summed E-state index contributed by atoms with van der Waals surface area (Å²) in [6.45, 7) is 1.73. The van der Waals surface area contributed by atoms with E-state index in [1.165, 1.54) is 32.1 Å². The van der Waals surface area contributed by atoms with Crippen LogP contribution in [0.25, 0.3) is 0 Å². The number of carbonyl (C=O) groups is 1. The monoisotopic (exact) mass is 300 g/mol. The predicted molar refractivity (Wildman–Crippen MR) is 85.0 cm³/mol. The van der Waals surface area contributed by atoms with Crippen LogP contribution in [0.1, 0.15) is 71.1 Å². The Balaban J connectivity index is 3.27. The van der Waals surface area contributed by atoms with Crippen LogP contribution in [-0.4, -0.2) is 35.5 Å². The van der Waals surface area contributed by atoms with Crippen molar-refractivity contribution < 1.29 is 19.7 Å². The molecule has 0 fully saturated rings. The van der Waals surface area contributed by atoms with Crippen molar-refractivity contribution >= 4 is 5.97 Å². The van der Waals surface area contributed by atoms with E-state index in [1.54, 1.807) is 0 Å². The molecule has 0 unspecified atom stereocenters. The number of unbranched alkanes of at least 4 members (excludes halogenated alkanes) is 7. The van der Waals surface area contributed by atoms with Gasteiger partial charge >= 0.3 is 5.97 Å². The first-order valence-electron chi connectivity index (χ1n) is 8.30. The van der Waals surface area contributed by atoms with Crippen molar-refractivity contribution in [2.45, 2.75) is 77.2 Å². The summed E-state index contributed by atoms with van der Waals surface area (Å²) in [6, 6.07) is 0. The van der Waals surface area contributed by atoms with Crippen LogP contribution < -0.4 is 0 Å². The highest BCUT2D eigenvalue weighted by Gasteiger charge is 2.07. The van der Waals surface area contributed by atoms with E-state index in [0.717, 1.165) is 25.7 Å². The summed E-state index contributed by atoms with van der Waals surface area (Å²) in [7, 11) is 0. The average molecular weight is 300 g/mol. The molecular weight excluding hydrogens is 268 g/mol. The van der Waals surface area contributed by atoms with Crippen molar-refractivity contribution in [3.05, 3.63) is 12.2 Å². The highest BCUT2D eigenvalue weighted by molar-refractivity contribution is 5.69. The van der Waals surface area contributed by atoms with E-state index >= 15 is 0 Å². The third-order valence-corrected chi connectivity index (χ3v) is 3.29. The maximum Gasteiger partial charge on any atom is 0.305 e. The van der Waals surface area contributed by atoms with E-state index in [1.807, 2.05) is 0 Å². The van der Waals surface area contributed by atoms with Gasteiger partial charge in [-0.3, -0.25) is 4.79 Å². The molecule has 0 aliphatic carbocycles. The zero-order valence-corrected chi connectivity index (χ0v) is 13.4. The number of rotatable bonds is 14. The average Bonchev–Trinajstić information content (AvgIpc) is 2.50. The third-order valence-electron chi connectivity index (χ3n) is 3.29. The molecule has 0 aromatic rings. The predicted octanol–water partition coefficient (Wildman–Crippen LogP) is 3.36. The summed E-state index contributed by atoms with van der Waals surface area (Å²) in [6.07, 6.45) is 14.3. The van der Waals surface area contributed by atoms with E-state index in [4.69, 9.17) is 14.9 Å². The maximum atomic E-state index is 11.3. The van der Waals surface area contributed by atoms with Gasteiger partial charge in [0.25, 0.3) is 0 Å². The molecule has 4 nitrogen and oxygen atoms in total. The number of hydrogen-bond acceptors (Lipinski definition) is 4. The first-order chi connectivity index (χ1) is 10.2. The molecule has 0 aliphatic rings. The number of carbonyl (C=O) groups excluding carboxylic acids is 1. The lowest BCUT2D eigenvalue weighted by molar-refractivity contribution is -0.147. The molecular formula is C17H32O4. The fraction of sp³-hybridized carbons (Fsp3) is 0.824. The second-order valence-electron chi connectivity index (χ2n) is 5.44. The summed E-state index contributed by atoms with van der Waals surface area (Å²) in [4.78, 5) is 11.3. The van der Waals surface area contributed by atoms with Crippen molar-refractivity contribution in [3.8, 4) is 0 Å². The lowest BCUT2D eigenvalue weighted by Gasteiger charge is -2.08. The number of ether oxygens (including phenoxy) is 1. The van der Waals surface area contributed by atoms with E-state index in [9.17, 15) is 4.79 Å². The van der Waals surface area contributed by atoms with Crippen molar-refractivity contribution in [1.82, 2.24) is 0 Å². The Morgan fingerprint density at radius 3 is 2.24 bits per heavy atom. The summed E-state index contributed by atoms with van der Waals surface area (Å²) >= 11 is 0. The van der Waals surface area contributed by atoms with Crippen LogP contribution in [0.2, 0.25) is 0 Å². The highest BCUT2D eigenvalue weighted by Crippen LogP contribution is 2.07. The molecule has 0 heterocycles. The Kier molecular flexibility index (Phi) is 14.9. The van der Waals surface area contributed by atoms with Gasteiger partial charge in [-0.25, -0.2) is 0 Å². The van der Waals surface area contributed by atoms with Gasteiger partial charge in [0.1, 0.15) is 12.7 Å². The Morgan fingerprint density at radius 2 is 1.67 bits per heavy atom. The maximum absolute atomic E-state index is 11.3. The quantitative estimate of drug-likeness (QED) is 0.293. The van der Waals surface area contributed by atoms with Crippen LogP contribution in [-0.2, 0) is 9.53 Å². The molecule has 0 amide bonds. The van der Waals surface area contributed by atoms with Crippen molar-refractivity contribution in [2.24, 2.45) is 0 Å². The number of allylic oxidation sites excluding steroid dienone is 2. The van der Waals surface area contributed by atoms with Crippen molar-refractivity contribution in [3.63, 3.8) is 0 Å². The Morgan fingerprint density at radius 1 is 1.05 bits per heavy atom. The van der Waals surface area contributed by atoms with Crippen molar-refractivity contribution in [2.75, 3.05) is 13.2 Å². The standard InChI is InChI=1S/C17H32O4/c1-2-3-4-5-6-7-8-9-10-11-12-13-17(20)21-15-16(19)14-18/h7-8,16,18-19H,2-6,9-15H2,1H3/b8-7-/t16-/m0/s1. The Labute approximate surface area is 129 Å².